The zero-order valence-electron chi connectivity index (χ0n) is 21.9. The SMILES string of the molecule is CCOCCN1CCN(c2cc(N)nc(NCc3ccc(CNCCCN4CCCC4)cc3)n2)CC1. The number of aromatic nitrogens is 2. The molecule has 2 aromatic rings. The van der Waals surface area contributed by atoms with Gasteiger partial charge in [0.1, 0.15) is 11.6 Å². The van der Waals surface area contributed by atoms with Crippen molar-refractivity contribution in [3.63, 3.8) is 0 Å². The van der Waals surface area contributed by atoms with E-state index >= 15 is 0 Å². The van der Waals surface area contributed by atoms with Crippen molar-refractivity contribution >= 4 is 17.6 Å². The van der Waals surface area contributed by atoms with Crippen LogP contribution < -0.4 is 21.3 Å². The van der Waals surface area contributed by atoms with Crippen molar-refractivity contribution in [1.29, 1.82) is 0 Å². The van der Waals surface area contributed by atoms with Crippen molar-refractivity contribution in [2.24, 2.45) is 0 Å². The fourth-order valence-corrected chi connectivity index (χ4v) is 4.85. The first-order valence-corrected chi connectivity index (χ1v) is 13.6. The third kappa shape index (κ3) is 8.58. The molecule has 2 aliphatic rings. The molecule has 0 spiro atoms. The van der Waals surface area contributed by atoms with Gasteiger partial charge in [0, 0.05) is 58.5 Å². The molecule has 9 heteroatoms. The average Bonchev–Trinajstić information content (AvgIpc) is 3.42. The van der Waals surface area contributed by atoms with Crippen molar-refractivity contribution in [3.8, 4) is 0 Å². The Morgan fingerprint density at radius 1 is 0.889 bits per heavy atom. The van der Waals surface area contributed by atoms with Gasteiger partial charge in [0.2, 0.25) is 5.95 Å². The van der Waals surface area contributed by atoms with E-state index in [9.17, 15) is 0 Å². The fraction of sp³-hybridized carbons (Fsp3) is 0.630. The van der Waals surface area contributed by atoms with Crippen LogP contribution in [-0.4, -0.2) is 91.9 Å². The summed E-state index contributed by atoms with van der Waals surface area (Å²) in [5.41, 5.74) is 8.62. The summed E-state index contributed by atoms with van der Waals surface area (Å²) >= 11 is 0. The predicted octanol–water partition coefficient (Wildman–Crippen LogP) is 2.40. The van der Waals surface area contributed by atoms with Gasteiger partial charge < -0.3 is 30.9 Å². The number of piperazine rings is 1. The number of nitrogens with two attached hydrogens (primary N) is 1. The third-order valence-corrected chi connectivity index (χ3v) is 7.01. The lowest BCUT2D eigenvalue weighted by atomic mass is 10.1. The van der Waals surface area contributed by atoms with Gasteiger partial charge in [-0.3, -0.25) is 4.90 Å². The molecule has 4 rings (SSSR count). The molecule has 3 heterocycles. The normalized spacial score (nSPS) is 17.1. The minimum atomic E-state index is 0.493. The quantitative estimate of drug-likeness (QED) is 0.341. The molecule has 198 valence electrons. The maximum absolute atomic E-state index is 6.11. The van der Waals surface area contributed by atoms with Crippen LogP contribution in [0.5, 0.6) is 0 Å². The van der Waals surface area contributed by atoms with E-state index in [1.54, 1.807) is 0 Å². The first-order valence-electron chi connectivity index (χ1n) is 13.6. The molecule has 2 saturated heterocycles. The summed E-state index contributed by atoms with van der Waals surface area (Å²) in [6.45, 7) is 14.9. The second kappa shape index (κ2) is 14.3. The maximum Gasteiger partial charge on any atom is 0.226 e. The Hall–Kier alpha value is -2.46. The highest BCUT2D eigenvalue weighted by Gasteiger charge is 2.19. The lowest BCUT2D eigenvalue weighted by Crippen LogP contribution is -2.47. The molecule has 2 aliphatic heterocycles. The lowest BCUT2D eigenvalue weighted by molar-refractivity contribution is 0.111. The highest BCUT2D eigenvalue weighted by atomic mass is 16.5. The number of anilines is 3. The number of nitrogens with one attached hydrogen (secondary N) is 2. The Balaban J connectivity index is 1.18. The predicted molar refractivity (Wildman–Crippen MR) is 147 cm³/mol. The second-order valence-electron chi connectivity index (χ2n) is 9.75. The first kappa shape index (κ1) is 26.6. The van der Waals surface area contributed by atoms with Crippen molar-refractivity contribution in [1.82, 2.24) is 25.1 Å². The van der Waals surface area contributed by atoms with Gasteiger partial charge in [-0.05, 0) is 63.5 Å². The van der Waals surface area contributed by atoms with Crippen LogP contribution in [0.25, 0.3) is 0 Å². The van der Waals surface area contributed by atoms with E-state index in [-0.39, 0.29) is 0 Å². The van der Waals surface area contributed by atoms with E-state index in [0.29, 0.717) is 18.3 Å². The summed E-state index contributed by atoms with van der Waals surface area (Å²) in [4.78, 5) is 16.4. The van der Waals surface area contributed by atoms with Crippen LogP contribution in [0.3, 0.4) is 0 Å². The van der Waals surface area contributed by atoms with E-state index < -0.39 is 0 Å². The number of benzene rings is 1. The Bertz CT molecular complexity index is 895. The zero-order chi connectivity index (χ0) is 25.0. The highest BCUT2D eigenvalue weighted by Crippen LogP contribution is 2.19. The number of likely N-dealkylation sites (tertiary alicyclic amines) is 1. The maximum atomic E-state index is 6.11. The van der Waals surface area contributed by atoms with Crippen LogP contribution in [0.1, 0.15) is 37.3 Å². The van der Waals surface area contributed by atoms with Gasteiger partial charge in [0.05, 0.1) is 6.61 Å². The molecule has 1 aromatic carbocycles. The van der Waals surface area contributed by atoms with Gasteiger partial charge >= 0.3 is 0 Å². The molecule has 0 saturated carbocycles. The number of ether oxygens (including phenoxy) is 1. The minimum Gasteiger partial charge on any atom is -0.383 e. The third-order valence-electron chi connectivity index (χ3n) is 7.01. The van der Waals surface area contributed by atoms with E-state index in [1.165, 1.54) is 50.0 Å². The topological polar surface area (TPSA) is 94.8 Å². The van der Waals surface area contributed by atoms with Gasteiger partial charge in [-0.1, -0.05) is 24.3 Å². The standard InChI is InChI=1S/C27H44N8O/c1-2-36-19-18-34-14-16-35(17-15-34)26-20-25(28)31-27(32-26)30-22-24-8-6-23(7-9-24)21-29-10-5-13-33-11-3-4-12-33/h6-9,20,29H,2-5,10-19,21-22H2,1H3,(H3,28,30,31,32). The Kier molecular flexibility index (Phi) is 10.6. The summed E-state index contributed by atoms with van der Waals surface area (Å²) < 4.78 is 5.49. The summed E-state index contributed by atoms with van der Waals surface area (Å²) in [7, 11) is 0. The number of rotatable bonds is 14. The molecule has 2 fully saturated rings. The summed E-state index contributed by atoms with van der Waals surface area (Å²) in [6.07, 6.45) is 3.95. The second-order valence-corrected chi connectivity index (χ2v) is 9.75. The van der Waals surface area contributed by atoms with Gasteiger partial charge in [-0.25, -0.2) is 0 Å². The summed E-state index contributed by atoms with van der Waals surface area (Å²) in [5, 5.41) is 6.93. The summed E-state index contributed by atoms with van der Waals surface area (Å²) in [6, 6.07) is 10.6. The van der Waals surface area contributed by atoms with Gasteiger partial charge in [0.25, 0.3) is 0 Å². The molecular weight excluding hydrogens is 452 g/mol. The van der Waals surface area contributed by atoms with Crippen molar-refractivity contribution in [2.75, 3.05) is 88.1 Å². The number of hydrogen-bond donors (Lipinski definition) is 3. The van der Waals surface area contributed by atoms with Crippen LogP contribution in [-0.2, 0) is 17.8 Å². The minimum absolute atomic E-state index is 0.493. The largest absolute Gasteiger partial charge is 0.383 e. The molecule has 0 bridgehead atoms. The van der Waals surface area contributed by atoms with Crippen LogP contribution in [0.15, 0.2) is 30.3 Å². The van der Waals surface area contributed by atoms with Crippen LogP contribution >= 0.6 is 0 Å². The van der Waals surface area contributed by atoms with E-state index in [2.05, 4.69) is 54.6 Å². The lowest BCUT2D eigenvalue weighted by Gasteiger charge is -2.35. The molecule has 0 amide bonds. The van der Waals surface area contributed by atoms with E-state index in [4.69, 9.17) is 15.5 Å². The first-order chi connectivity index (χ1) is 17.7. The molecule has 4 N–H and O–H groups in total. The number of hydrogen-bond acceptors (Lipinski definition) is 9. The van der Waals surface area contributed by atoms with Crippen molar-refractivity contribution < 1.29 is 4.74 Å². The molecule has 0 radical (unpaired) electrons. The Morgan fingerprint density at radius 2 is 1.58 bits per heavy atom. The number of nitrogen functional groups attached to an aromatic ring is 1. The highest BCUT2D eigenvalue weighted by molar-refractivity contribution is 5.52. The fourth-order valence-electron chi connectivity index (χ4n) is 4.85. The molecule has 0 aliphatic carbocycles. The molecule has 0 unspecified atom stereocenters. The smallest absolute Gasteiger partial charge is 0.226 e. The average molecular weight is 497 g/mol. The summed E-state index contributed by atoms with van der Waals surface area (Å²) in [5.74, 6) is 1.96. The van der Waals surface area contributed by atoms with Crippen LogP contribution in [0.4, 0.5) is 17.6 Å². The zero-order valence-corrected chi connectivity index (χ0v) is 21.9. The van der Waals surface area contributed by atoms with Gasteiger partial charge in [0.15, 0.2) is 0 Å². The van der Waals surface area contributed by atoms with Gasteiger partial charge in [-0.15, -0.1) is 0 Å². The Morgan fingerprint density at radius 3 is 2.31 bits per heavy atom. The monoisotopic (exact) mass is 496 g/mol. The van der Waals surface area contributed by atoms with Crippen LogP contribution in [0.2, 0.25) is 0 Å². The molecule has 9 nitrogen and oxygen atoms in total. The Labute approximate surface area is 216 Å². The molecule has 36 heavy (non-hydrogen) atoms. The van der Waals surface area contributed by atoms with Crippen molar-refractivity contribution in [3.05, 3.63) is 41.5 Å². The van der Waals surface area contributed by atoms with Crippen LogP contribution in [0, 0.1) is 0 Å². The van der Waals surface area contributed by atoms with E-state index in [1.807, 2.05) is 13.0 Å². The van der Waals surface area contributed by atoms with Crippen molar-refractivity contribution in [2.45, 2.75) is 39.3 Å². The van der Waals surface area contributed by atoms with Gasteiger partial charge in [-0.2, -0.15) is 9.97 Å². The molecular formula is C27H44N8O. The molecule has 0 atom stereocenters. The van der Waals surface area contributed by atoms with E-state index in [0.717, 1.165) is 64.8 Å². The molecule has 1 aromatic heterocycles. The number of nitrogens with zero attached hydrogens (tertiary/aromatic N) is 5.